The Morgan fingerprint density at radius 3 is 2.68 bits per heavy atom. The van der Waals surface area contributed by atoms with Gasteiger partial charge in [0.25, 0.3) is 5.91 Å². The summed E-state index contributed by atoms with van der Waals surface area (Å²) in [6.45, 7) is 4.67. The highest BCUT2D eigenvalue weighted by molar-refractivity contribution is 6.32. The molecule has 2 heterocycles. The Morgan fingerprint density at radius 1 is 1.10 bits per heavy atom. The van der Waals surface area contributed by atoms with Crippen LogP contribution in [0.15, 0.2) is 71.1 Å². The third-order valence-corrected chi connectivity index (χ3v) is 5.10. The van der Waals surface area contributed by atoms with E-state index < -0.39 is 0 Å². The zero-order valence-corrected chi connectivity index (χ0v) is 18.0. The van der Waals surface area contributed by atoms with Crippen LogP contribution in [0.4, 0.5) is 5.82 Å². The van der Waals surface area contributed by atoms with Gasteiger partial charge in [-0.1, -0.05) is 54.1 Å². The fraction of sp³-hybridized carbons (Fsp3) is 0.167. The quantitative estimate of drug-likeness (QED) is 0.408. The van der Waals surface area contributed by atoms with Gasteiger partial charge in [-0.3, -0.25) is 9.48 Å². The van der Waals surface area contributed by atoms with Gasteiger partial charge in [-0.05, 0) is 43.2 Å². The van der Waals surface area contributed by atoms with Gasteiger partial charge in [0.1, 0.15) is 18.1 Å². The Balaban J connectivity index is 1.38. The molecular formula is C24H22ClN3O3. The summed E-state index contributed by atoms with van der Waals surface area (Å²) in [7, 11) is 0. The largest absolute Gasteiger partial charge is 0.484 e. The fourth-order valence-corrected chi connectivity index (χ4v) is 3.46. The van der Waals surface area contributed by atoms with E-state index in [1.165, 1.54) is 0 Å². The Hall–Kier alpha value is -3.51. The Kier molecular flexibility index (Phi) is 6.09. The van der Waals surface area contributed by atoms with Gasteiger partial charge in [-0.25, -0.2) is 0 Å². The number of ether oxygens (including phenoxy) is 1. The summed E-state index contributed by atoms with van der Waals surface area (Å²) in [4.78, 5) is 12.6. The lowest BCUT2D eigenvalue weighted by atomic mass is 10.2. The first kappa shape index (κ1) is 20.8. The molecule has 0 fully saturated rings. The van der Waals surface area contributed by atoms with Crippen molar-refractivity contribution in [1.82, 2.24) is 9.78 Å². The first-order chi connectivity index (χ1) is 15.0. The van der Waals surface area contributed by atoms with E-state index in [9.17, 15) is 4.79 Å². The molecule has 0 spiro atoms. The van der Waals surface area contributed by atoms with Crippen molar-refractivity contribution < 1.29 is 13.9 Å². The van der Waals surface area contributed by atoms with Crippen LogP contribution >= 0.6 is 11.6 Å². The number of nitrogens with zero attached hydrogens (tertiary/aromatic N) is 2. The van der Waals surface area contributed by atoms with Crippen LogP contribution in [-0.4, -0.2) is 15.7 Å². The highest BCUT2D eigenvalue weighted by Crippen LogP contribution is 2.28. The summed E-state index contributed by atoms with van der Waals surface area (Å²) in [5, 5.41) is 7.79. The predicted octanol–water partition coefficient (Wildman–Crippen LogP) is 5.63. The number of furan rings is 1. The number of carbonyl (C=O) groups excluding carboxylic acids is 1. The van der Waals surface area contributed by atoms with Crippen molar-refractivity contribution in [3.8, 4) is 5.75 Å². The summed E-state index contributed by atoms with van der Waals surface area (Å²) >= 11 is 6.18. The highest BCUT2D eigenvalue weighted by atomic mass is 35.5. The maximum atomic E-state index is 12.6. The first-order valence-corrected chi connectivity index (χ1v) is 10.2. The average Bonchev–Trinajstić information content (AvgIpc) is 3.35. The van der Waals surface area contributed by atoms with E-state index in [1.54, 1.807) is 18.2 Å². The lowest BCUT2D eigenvalue weighted by molar-refractivity contribution is 0.0992. The number of amides is 1. The number of carbonyl (C=O) groups is 1. The zero-order valence-electron chi connectivity index (χ0n) is 17.3. The van der Waals surface area contributed by atoms with Crippen LogP contribution in [0, 0.1) is 13.8 Å². The minimum atomic E-state index is -0.371. The van der Waals surface area contributed by atoms with E-state index in [0.717, 1.165) is 16.8 Å². The van der Waals surface area contributed by atoms with Crippen LogP contribution in [0.5, 0.6) is 5.75 Å². The minimum absolute atomic E-state index is 0.169. The molecular weight excluding hydrogens is 414 g/mol. The van der Waals surface area contributed by atoms with E-state index in [0.29, 0.717) is 28.9 Å². The van der Waals surface area contributed by atoms with Crippen molar-refractivity contribution in [2.75, 3.05) is 5.32 Å². The van der Waals surface area contributed by atoms with Gasteiger partial charge in [0, 0.05) is 11.8 Å². The normalized spacial score (nSPS) is 10.8. The SMILES string of the molecule is Cc1cccc(Cl)c1OCc1ccc(C(=O)Nc2cc(C)n(Cc3ccccc3)n2)o1. The van der Waals surface area contributed by atoms with Crippen molar-refractivity contribution in [1.29, 1.82) is 0 Å². The summed E-state index contributed by atoms with van der Waals surface area (Å²) in [6, 6.07) is 20.7. The predicted molar refractivity (Wildman–Crippen MR) is 120 cm³/mol. The number of halogens is 1. The van der Waals surface area contributed by atoms with E-state index in [1.807, 2.05) is 67.1 Å². The van der Waals surface area contributed by atoms with Gasteiger partial charge >= 0.3 is 0 Å². The number of benzene rings is 2. The summed E-state index contributed by atoms with van der Waals surface area (Å²) in [5.74, 6) is 1.41. The lowest BCUT2D eigenvalue weighted by Crippen LogP contribution is -2.12. The van der Waals surface area contributed by atoms with Crippen LogP contribution in [0.25, 0.3) is 0 Å². The van der Waals surface area contributed by atoms with Gasteiger partial charge in [0.2, 0.25) is 0 Å². The van der Waals surface area contributed by atoms with Crippen LogP contribution in [0.1, 0.15) is 33.1 Å². The molecule has 4 rings (SSSR count). The van der Waals surface area contributed by atoms with E-state index >= 15 is 0 Å². The first-order valence-electron chi connectivity index (χ1n) is 9.86. The van der Waals surface area contributed by atoms with Crippen molar-refractivity contribution in [2.45, 2.75) is 27.0 Å². The molecule has 7 heteroatoms. The molecule has 0 saturated heterocycles. The number of nitrogens with one attached hydrogen (secondary N) is 1. The van der Waals surface area contributed by atoms with Gasteiger partial charge < -0.3 is 14.5 Å². The summed E-state index contributed by atoms with van der Waals surface area (Å²) < 4.78 is 13.3. The molecule has 158 valence electrons. The molecule has 31 heavy (non-hydrogen) atoms. The van der Waals surface area contributed by atoms with Crippen molar-refractivity contribution in [2.24, 2.45) is 0 Å². The van der Waals surface area contributed by atoms with E-state index in [-0.39, 0.29) is 18.3 Å². The molecule has 0 aliphatic carbocycles. The monoisotopic (exact) mass is 435 g/mol. The number of hydrogen-bond donors (Lipinski definition) is 1. The number of rotatable bonds is 7. The number of aryl methyl sites for hydroxylation is 2. The summed E-state index contributed by atoms with van der Waals surface area (Å²) in [5.41, 5.74) is 3.01. The third kappa shape index (κ3) is 4.98. The molecule has 1 amide bonds. The molecule has 0 bridgehead atoms. The standard InChI is InChI=1S/C24H22ClN3O3/c1-16-7-6-10-20(25)23(16)30-15-19-11-12-21(31-19)24(29)26-22-13-17(2)28(27-22)14-18-8-4-3-5-9-18/h3-13H,14-15H2,1-2H3,(H,26,27,29). The maximum absolute atomic E-state index is 12.6. The number of anilines is 1. The fourth-order valence-electron chi connectivity index (χ4n) is 3.19. The second kappa shape index (κ2) is 9.10. The Labute approximate surface area is 185 Å². The molecule has 6 nitrogen and oxygen atoms in total. The van der Waals surface area contributed by atoms with Gasteiger partial charge in [0.15, 0.2) is 11.6 Å². The molecule has 0 atom stereocenters. The van der Waals surface area contributed by atoms with Crippen LogP contribution in [-0.2, 0) is 13.2 Å². The second-order valence-corrected chi connectivity index (χ2v) is 7.62. The van der Waals surface area contributed by atoms with Crippen molar-refractivity contribution in [3.63, 3.8) is 0 Å². The van der Waals surface area contributed by atoms with E-state index in [4.69, 9.17) is 20.8 Å². The molecule has 0 radical (unpaired) electrons. The van der Waals surface area contributed by atoms with Gasteiger partial charge in [0.05, 0.1) is 11.6 Å². The molecule has 4 aromatic rings. The topological polar surface area (TPSA) is 69.3 Å². The molecule has 2 aromatic carbocycles. The Bertz CT molecular complexity index is 1180. The smallest absolute Gasteiger partial charge is 0.292 e. The Morgan fingerprint density at radius 2 is 1.90 bits per heavy atom. The summed E-state index contributed by atoms with van der Waals surface area (Å²) in [6.07, 6.45) is 0. The van der Waals surface area contributed by atoms with Crippen LogP contribution in [0.2, 0.25) is 5.02 Å². The van der Waals surface area contributed by atoms with Gasteiger partial charge in [-0.15, -0.1) is 0 Å². The molecule has 1 N–H and O–H groups in total. The minimum Gasteiger partial charge on any atom is -0.484 e. The molecule has 0 saturated carbocycles. The van der Waals surface area contributed by atoms with Gasteiger partial charge in [-0.2, -0.15) is 5.10 Å². The van der Waals surface area contributed by atoms with Crippen LogP contribution in [0.3, 0.4) is 0 Å². The number of aromatic nitrogens is 2. The second-order valence-electron chi connectivity index (χ2n) is 7.21. The van der Waals surface area contributed by atoms with E-state index in [2.05, 4.69) is 10.4 Å². The van der Waals surface area contributed by atoms with Crippen LogP contribution < -0.4 is 10.1 Å². The van der Waals surface area contributed by atoms with Crippen molar-refractivity contribution >= 4 is 23.3 Å². The molecule has 2 aromatic heterocycles. The third-order valence-electron chi connectivity index (χ3n) is 4.81. The molecule has 0 aliphatic heterocycles. The number of para-hydroxylation sites is 1. The molecule has 0 unspecified atom stereocenters. The highest BCUT2D eigenvalue weighted by Gasteiger charge is 2.15. The van der Waals surface area contributed by atoms with Crippen molar-refractivity contribution in [3.05, 3.63) is 100 Å². The maximum Gasteiger partial charge on any atom is 0.292 e. The lowest BCUT2D eigenvalue weighted by Gasteiger charge is -2.09. The zero-order chi connectivity index (χ0) is 21.8. The number of hydrogen-bond acceptors (Lipinski definition) is 4. The molecule has 0 aliphatic rings. The average molecular weight is 436 g/mol.